The second-order valence-corrected chi connectivity index (χ2v) is 7.90. The molecule has 1 aliphatic heterocycles. The maximum atomic E-state index is 12.6. The number of hydrogen-bond acceptors (Lipinski definition) is 4. The first kappa shape index (κ1) is 16.2. The summed E-state index contributed by atoms with van der Waals surface area (Å²) in [5, 5.41) is 10.1. The summed E-state index contributed by atoms with van der Waals surface area (Å²) in [6, 6.07) is 7.61. The lowest BCUT2D eigenvalue weighted by Gasteiger charge is -2.21. The summed E-state index contributed by atoms with van der Waals surface area (Å²) >= 11 is 1.51. The lowest BCUT2D eigenvalue weighted by atomic mass is 10.1. The van der Waals surface area contributed by atoms with Crippen molar-refractivity contribution in [1.29, 1.82) is 0 Å². The summed E-state index contributed by atoms with van der Waals surface area (Å²) in [5.41, 5.74) is 1.22. The third kappa shape index (κ3) is 3.16. The number of anilines is 2. The van der Waals surface area contributed by atoms with Gasteiger partial charge >= 0.3 is 0 Å². The molecule has 0 saturated heterocycles. The number of nitrogens with zero attached hydrogens (tertiary/aromatic N) is 2. The van der Waals surface area contributed by atoms with E-state index in [0.29, 0.717) is 17.3 Å². The van der Waals surface area contributed by atoms with Gasteiger partial charge in [0.25, 0.3) is 5.91 Å². The fourth-order valence-electron chi connectivity index (χ4n) is 3.39. The van der Waals surface area contributed by atoms with Crippen LogP contribution in [-0.4, -0.2) is 26.8 Å². The minimum atomic E-state index is -0.194. The molecule has 1 aromatic heterocycles. The summed E-state index contributed by atoms with van der Waals surface area (Å²) < 4.78 is 1.92. The number of thioether (sulfide) groups is 1. The molecule has 1 atom stereocenters. The van der Waals surface area contributed by atoms with Crippen molar-refractivity contribution in [3.05, 3.63) is 36.0 Å². The van der Waals surface area contributed by atoms with E-state index in [1.807, 2.05) is 23.7 Å². The number of carbonyl (C=O) groups is 2. The fraction of sp³-hybridized carbons (Fsp3) is 0.389. The van der Waals surface area contributed by atoms with E-state index in [1.165, 1.54) is 24.6 Å². The van der Waals surface area contributed by atoms with Crippen molar-refractivity contribution in [2.24, 2.45) is 0 Å². The number of carbonyl (C=O) groups excluding carboxylic acids is 2. The molecule has 0 spiro atoms. The van der Waals surface area contributed by atoms with Gasteiger partial charge in [-0.1, -0.05) is 12.8 Å². The number of amides is 2. The van der Waals surface area contributed by atoms with Crippen molar-refractivity contribution in [3.63, 3.8) is 0 Å². The number of aromatic nitrogens is 2. The van der Waals surface area contributed by atoms with E-state index in [1.54, 1.807) is 18.3 Å². The van der Waals surface area contributed by atoms with Gasteiger partial charge in [-0.3, -0.25) is 9.59 Å². The molecular formula is C18H20N4O2S. The largest absolute Gasteiger partial charge is 0.324 e. The summed E-state index contributed by atoms with van der Waals surface area (Å²) in [6.45, 7) is 1.87. The number of hydrogen-bond donors (Lipinski definition) is 2. The predicted octanol–water partition coefficient (Wildman–Crippen LogP) is 3.68. The van der Waals surface area contributed by atoms with E-state index in [2.05, 4.69) is 15.7 Å². The Kier molecular flexibility index (Phi) is 4.25. The van der Waals surface area contributed by atoms with Crippen LogP contribution in [0, 0.1) is 0 Å². The van der Waals surface area contributed by atoms with Crippen molar-refractivity contribution in [3.8, 4) is 0 Å². The average Bonchev–Trinajstić information content (AvgIpc) is 3.26. The Labute approximate surface area is 150 Å². The molecule has 25 heavy (non-hydrogen) atoms. The summed E-state index contributed by atoms with van der Waals surface area (Å²) in [5.74, 6) is 0.497. The van der Waals surface area contributed by atoms with Gasteiger partial charge in [-0.15, -0.1) is 11.8 Å². The number of nitrogens with one attached hydrogen (secondary N) is 2. The standard InChI is InChI=1S/C18H20N4O2S/c1-11-17(23)20-14-10-12(6-7-15(14)25-11)18(24)21-16-8-9-19-22(16)13-4-2-3-5-13/h6-11,13H,2-5H2,1H3,(H,20,23)(H,21,24). The van der Waals surface area contributed by atoms with Gasteiger partial charge in [-0.05, 0) is 38.0 Å². The topological polar surface area (TPSA) is 76.0 Å². The van der Waals surface area contributed by atoms with Crippen LogP contribution in [0.5, 0.6) is 0 Å². The van der Waals surface area contributed by atoms with Gasteiger partial charge in [0.1, 0.15) is 5.82 Å². The molecule has 130 valence electrons. The molecule has 2 N–H and O–H groups in total. The third-order valence-corrected chi connectivity index (χ3v) is 5.93. The van der Waals surface area contributed by atoms with Crippen LogP contribution in [-0.2, 0) is 4.79 Å². The lowest BCUT2D eigenvalue weighted by Crippen LogP contribution is -2.26. The Bertz CT molecular complexity index is 826. The molecule has 6 nitrogen and oxygen atoms in total. The van der Waals surface area contributed by atoms with Crippen molar-refractivity contribution < 1.29 is 9.59 Å². The molecule has 0 radical (unpaired) electrons. The van der Waals surface area contributed by atoms with Crippen molar-refractivity contribution in [1.82, 2.24) is 9.78 Å². The smallest absolute Gasteiger partial charge is 0.256 e. The highest BCUT2D eigenvalue weighted by Crippen LogP contribution is 2.36. The normalized spacial score (nSPS) is 20.2. The van der Waals surface area contributed by atoms with Gasteiger partial charge < -0.3 is 10.6 Å². The predicted molar refractivity (Wildman–Crippen MR) is 98.1 cm³/mol. The van der Waals surface area contributed by atoms with E-state index < -0.39 is 0 Å². The van der Waals surface area contributed by atoms with E-state index in [-0.39, 0.29) is 17.1 Å². The highest BCUT2D eigenvalue weighted by Gasteiger charge is 2.24. The minimum absolute atomic E-state index is 0.0330. The first-order chi connectivity index (χ1) is 12.1. The molecule has 2 aromatic rings. The van der Waals surface area contributed by atoms with Gasteiger partial charge in [0.05, 0.1) is 23.2 Å². The molecule has 2 aliphatic rings. The molecule has 1 aliphatic carbocycles. The molecule has 1 aromatic carbocycles. The van der Waals surface area contributed by atoms with Crippen molar-refractivity contribution in [2.75, 3.05) is 10.6 Å². The quantitative estimate of drug-likeness (QED) is 0.879. The Balaban J connectivity index is 1.53. The maximum absolute atomic E-state index is 12.6. The van der Waals surface area contributed by atoms with E-state index >= 15 is 0 Å². The Morgan fingerprint density at radius 2 is 2.12 bits per heavy atom. The third-order valence-electron chi connectivity index (χ3n) is 4.76. The van der Waals surface area contributed by atoms with Gasteiger partial charge in [-0.25, -0.2) is 4.68 Å². The van der Waals surface area contributed by atoms with Crippen LogP contribution in [0.3, 0.4) is 0 Å². The molecule has 2 heterocycles. The van der Waals surface area contributed by atoms with Crippen molar-refractivity contribution >= 4 is 35.1 Å². The van der Waals surface area contributed by atoms with Crippen LogP contribution in [0.4, 0.5) is 11.5 Å². The Morgan fingerprint density at radius 1 is 1.32 bits per heavy atom. The molecule has 0 bridgehead atoms. The first-order valence-corrected chi connectivity index (χ1v) is 9.46. The average molecular weight is 356 g/mol. The van der Waals surface area contributed by atoms with Crippen LogP contribution in [0.2, 0.25) is 0 Å². The zero-order valence-electron chi connectivity index (χ0n) is 14.0. The Hall–Kier alpha value is -2.28. The first-order valence-electron chi connectivity index (χ1n) is 8.58. The number of fused-ring (bicyclic) bond motifs is 1. The highest BCUT2D eigenvalue weighted by molar-refractivity contribution is 8.00. The van der Waals surface area contributed by atoms with Crippen molar-refractivity contribution in [2.45, 2.75) is 48.8 Å². The highest BCUT2D eigenvalue weighted by atomic mass is 32.2. The lowest BCUT2D eigenvalue weighted by molar-refractivity contribution is -0.115. The molecule has 7 heteroatoms. The van der Waals surface area contributed by atoms with Crippen LogP contribution < -0.4 is 10.6 Å². The molecular weight excluding hydrogens is 336 g/mol. The molecule has 1 fully saturated rings. The zero-order chi connectivity index (χ0) is 17.4. The van der Waals surface area contributed by atoms with Crippen LogP contribution >= 0.6 is 11.8 Å². The SMILES string of the molecule is CC1Sc2ccc(C(=O)Nc3ccnn3C3CCCC3)cc2NC1=O. The summed E-state index contributed by atoms with van der Waals surface area (Å²) in [4.78, 5) is 25.5. The van der Waals surface area contributed by atoms with Gasteiger partial charge in [0.15, 0.2) is 0 Å². The molecule has 1 saturated carbocycles. The minimum Gasteiger partial charge on any atom is -0.324 e. The second kappa shape index (κ2) is 6.55. The van der Waals surface area contributed by atoms with Gasteiger partial charge in [0.2, 0.25) is 5.91 Å². The van der Waals surface area contributed by atoms with Crippen LogP contribution in [0.1, 0.15) is 49.0 Å². The summed E-state index contributed by atoms with van der Waals surface area (Å²) in [7, 11) is 0. The monoisotopic (exact) mass is 356 g/mol. The van der Waals surface area contributed by atoms with Gasteiger partial charge in [0, 0.05) is 16.5 Å². The number of benzene rings is 1. The van der Waals surface area contributed by atoms with Gasteiger partial charge in [-0.2, -0.15) is 5.10 Å². The molecule has 1 unspecified atom stereocenters. The van der Waals surface area contributed by atoms with E-state index in [4.69, 9.17) is 0 Å². The van der Waals surface area contributed by atoms with Crippen LogP contribution in [0.15, 0.2) is 35.4 Å². The maximum Gasteiger partial charge on any atom is 0.256 e. The molecule has 4 rings (SSSR count). The number of rotatable bonds is 3. The zero-order valence-corrected chi connectivity index (χ0v) is 14.8. The Morgan fingerprint density at radius 3 is 2.92 bits per heavy atom. The fourth-order valence-corrected chi connectivity index (χ4v) is 4.32. The van der Waals surface area contributed by atoms with E-state index in [9.17, 15) is 9.59 Å². The van der Waals surface area contributed by atoms with Crippen LogP contribution in [0.25, 0.3) is 0 Å². The van der Waals surface area contributed by atoms with E-state index in [0.717, 1.165) is 23.6 Å². The molecule has 2 amide bonds. The second-order valence-electron chi connectivity index (χ2n) is 6.51. The summed E-state index contributed by atoms with van der Waals surface area (Å²) in [6.07, 6.45) is 6.34.